The third-order valence-electron chi connectivity index (χ3n) is 3.17. The number of esters is 1. The number of aldehydes is 1. The molecular formula is C19H16O5. The molecule has 0 aliphatic rings. The van der Waals surface area contributed by atoms with Gasteiger partial charge in [-0.05, 0) is 36.4 Å². The highest BCUT2D eigenvalue weighted by Crippen LogP contribution is 2.33. The maximum Gasteiger partial charge on any atom is 0.308 e. The molecule has 2 aromatic carbocycles. The lowest BCUT2D eigenvalue weighted by atomic mass is 10.1. The Bertz CT molecular complexity index is 810. The number of carbonyl (C=O) groups excluding carboxylic acids is 2. The highest BCUT2D eigenvalue weighted by Gasteiger charge is 2.15. The largest absolute Gasteiger partial charge is 0.497 e. The van der Waals surface area contributed by atoms with Gasteiger partial charge in [0.15, 0.2) is 17.8 Å². The highest BCUT2D eigenvalue weighted by molar-refractivity contribution is 5.84. The first-order valence-corrected chi connectivity index (χ1v) is 7.09. The number of carbonyl (C=O) groups is 2. The highest BCUT2D eigenvalue weighted by atomic mass is 16.6. The van der Waals surface area contributed by atoms with Crippen LogP contribution in [0.2, 0.25) is 0 Å². The molecule has 0 amide bonds. The molecule has 0 atom stereocenters. The van der Waals surface area contributed by atoms with E-state index in [-0.39, 0.29) is 5.75 Å². The van der Waals surface area contributed by atoms with Crippen LogP contribution in [0.5, 0.6) is 17.2 Å². The summed E-state index contributed by atoms with van der Waals surface area (Å²) < 4.78 is 15.5. The lowest BCUT2D eigenvalue weighted by molar-refractivity contribution is -0.132. The van der Waals surface area contributed by atoms with Crippen molar-refractivity contribution in [3.63, 3.8) is 0 Å². The van der Waals surface area contributed by atoms with E-state index in [0.29, 0.717) is 23.2 Å². The molecule has 0 N–H and O–H groups in total. The van der Waals surface area contributed by atoms with Gasteiger partial charge >= 0.3 is 5.97 Å². The van der Waals surface area contributed by atoms with Crippen LogP contribution in [0.4, 0.5) is 0 Å². The van der Waals surface area contributed by atoms with E-state index >= 15 is 0 Å². The Hall–Kier alpha value is -3.26. The molecule has 24 heavy (non-hydrogen) atoms. The molecule has 0 radical (unpaired) electrons. The summed E-state index contributed by atoms with van der Waals surface area (Å²) in [5, 5.41) is 0. The minimum atomic E-state index is -0.524. The van der Waals surface area contributed by atoms with Crippen molar-refractivity contribution < 1.29 is 23.8 Å². The van der Waals surface area contributed by atoms with Crippen molar-refractivity contribution >= 4 is 12.3 Å². The molecule has 0 fully saturated rings. The minimum absolute atomic E-state index is 0.135. The number of hydrogen-bond acceptors (Lipinski definition) is 5. The molecule has 0 aromatic heterocycles. The number of ether oxygens (including phenoxy) is 3. The summed E-state index contributed by atoms with van der Waals surface area (Å²) in [6.45, 7) is 1.27. The van der Waals surface area contributed by atoms with Gasteiger partial charge < -0.3 is 14.2 Å². The molecule has 122 valence electrons. The van der Waals surface area contributed by atoms with E-state index in [4.69, 9.17) is 14.2 Å². The summed E-state index contributed by atoms with van der Waals surface area (Å²) in [6, 6.07) is 10.3. The summed E-state index contributed by atoms with van der Waals surface area (Å²) >= 11 is 0. The summed E-state index contributed by atoms with van der Waals surface area (Å²) in [5.74, 6) is 6.49. The number of rotatable bonds is 4. The molecule has 0 saturated heterocycles. The van der Waals surface area contributed by atoms with Gasteiger partial charge in [-0.15, -0.1) is 0 Å². The second kappa shape index (κ2) is 7.84. The number of methoxy groups -OCH3 is 2. The van der Waals surface area contributed by atoms with E-state index in [9.17, 15) is 9.59 Å². The van der Waals surface area contributed by atoms with Crippen molar-refractivity contribution in [1.29, 1.82) is 0 Å². The summed E-state index contributed by atoms with van der Waals surface area (Å²) in [4.78, 5) is 22.6. The van der Waals surface area contributed by atoms with E-state index in [1.807, 2.05) is 0 Å². The van der Waals surface area contributed by atoms with Gasteiger partial charge in [-0.3, -0.25) is 9.59 Å². The molecule has 5 heteroatoms. The van der Waals surface area contributed by atoms with Crippen LogP contribution in [0, 0.1) is 11.8 Å². The van der Waals surface area contributed by atoms with Crippen LogP contribution in [0.15, 0.2) is 36.4 Å². The average molecular weight is 324 g/mol. The number of benzene rings is 2. The van der Waals surface area contributed by atoms with E-state index < -0.39 is 5.97 Å². The number of hydrogen-bond donors (Lipinski definition) is 0. The summed E-state index contributed by atoms with van der Waals surface area (Å²) in [5.41, 5.74) is 1.34. The van der Waals surface area contributed by atoms with Gasteiger partial charge in [0.1, 0.15) is 5.75 Å². The van der Waals surface area contributed by atoms with Gasteiger partial charge in [-0.2, -0.15) is 0 Å². The minimum Gasteiger partial charge on any atom is -0.497 e. The predicted octanol–water partition coefficient (Wildman–Crippen LogP) is 2.84. The second-order valence-corrected chi connectivity index (χ2v) is 4.75. The standard InChI is InChI=1S/C19H16O5/c1-13(21)24-19-17(15(12-20)7-11-18(19)23-3)10-6-14-4-8-16(22-2)9-5-14/h4-5,7-9,11-12H,1-3H3. The van der Waals surface area contributed by atoms with Crippen LogP contribution in [-0.4, -0.2) is 26.5 Å². The third kappa shape index (κ3) is 3.93. The van der Waals surface area contributed by atoms with Gasteiger partial charge in [0.05, 0.1) is 19.8 Å². The molecule has 0 aliphatic carbocycles. The SMILES string of the molecule is COc1ccc(C#Cc2c(C=O)ccc(OC)c2OC(C)=O)cc1. The van der Waals surface area contributed by atoms with Crippen molar-refractivity contribution in [1.82, 2.24) is 0 Å². The first-order valence-electron chi connectivity index (χ1n) is 7.09. The summed E-state index contributed by atoms with van der Waals surface area (Å²) in [6.07, 6.45) is 0.657. The third-order valence-corrected chi connectivity index (χ3v) is 3.17. The molecule has 2 aromatic rings. The second-order valence-electron chi connectivity index (χ2n) is 4.75. The van der Waals surface area contributed by atoms with Crippen molar-refractivity contribution in [2.45, 2.75) is 6.92 Å². The Labute approximate surface area is 140 Å². The lowest BCUT2D eigenvalue weighted by Gasteiger charge is -2.11. The summed E-state index contributed by atoms with van der Waals surface area (Å²) in [7, 11) is 3.03. The molecule has 0 saturated carbocycles. The quantitative estimate of drug-likeness (QED) is 0.374. The van der Waals surface area contributed by atoms with Crippen molar-refractivity contribution in [3.05, 3.63) is 53.1 Å². The Morgan fingerprint density at radius 3 is 2.25 bits per heavy atom. The van der Waals surface area contributed by atoms with Gasteiger partial charge in [0.25, 0.3) is 0 Å². The molecule has 0 aliphatic heterocycles. The van der Waals surface area contributed by atoms with Crippen LogP contribution in [-0.2, 0) is 4.79 Å². The molecule has 2 rings (SSSR count). The van der Waals surface area contributed by atoms with Gasteiger partial charge in [0, 0.05) is 18.1 Å². The molecule has 0 heterocycles. The van der Waals surface area contributed by atoms with Crippen molar-refractivity contribution in [3.8, 4) is 29.1 Å². The van der Waals surface area contributed by atoms with Crippen LogP contribution in [0.1, 0.15) is 28.4 Å². The van der Waals surface area contributed by atoms with E-state index in [0.717, 1.165) is 11.3 Å². The molecule has 0 unspecified atom stereocenters. The topological polar surface area (TPSA) is 61.8 Å². The molecule has 0 bridgehead atoms. The van der Waals surface area contributed by atoms with Gasteiger partial charge in [-0.1, -0.05) is 11.8 Å². The average Bonchev–Trinajstić information content (AvgIpc) is 2.60. The normalized spacial score (nSPS) is 9.46. The zero-order valence-electron chi connectivity index (χ0n) is 13.6. The first kappa shape index (κ1) is 17.1. The Morgan fingerprint density at radius 1 is 1.00 bits per heavy atom. The Kier molecular flexibility index (Phi) is 5.58. The Morgan fingerprint density at radius 2 is 1.71 bits per heavy atom. The zero-order chi connectivity index (χ0) is 17.5. The van der Waals surface area contributed by atoms with Crippen molar-refractivity contribution in [2.24, 2.45) is 0 Å². The van der Waals surface area contributed by atoms with Gasteiger partial charge in [0.2, 0.25) is 0 Å². The Balaban J connectivity index is 2.52. The van der Waals surface area contributed by atoms with Crippen molar-refractivity contribution in [2.75, 3.05) is 14.2 Å². The van der Waals surface area contributed by atoms with Crippen LogP contribution in [0.3, 0.4) is 0 Å². The van der Waals surface area contributed by atoms with E-state index in [1.54, 1.807) is 43.5 Å². The zero-order valence-corrected chi connectivity index (χ0v) is 13.6. The molecule has 0 spiro atoms. The van der Waals surface area contributed by atoms with E-state index in [2.05, 4.69) is 11.8 Å². The lowest BCUT2D eigenvalue weighted by Crippen LogP contribution is -2.06. The monoisotopic (exact) mass is 324 g/mol. The maximum absolute atomic E-state index is 11.3. The van der Waals surface area contributed by atoms with Crippen LogP contribution in [0.25, 0.3) is 0 Å². The first-order chi connectivity index (χ1) is 11.6. The van der Waals surface area contributed by atoms with Crippen LogP contribution >= 0.6 is 0 Å². The van der Waals surface area contributed by atoms with Crippen LogP contribution < -0.4 is 14.2 Å². The molecule has 5 nitrogen and oxygen atoms in total. The maximum atomic E-state index is 11.3. The molecular weight excluding hydrogens is 308 g/mol. The fraction of sp³-hybridized carbons (Fsp3) is 0.158. The smallest absolute Gasteiger partial charge is 0.308 e. The van der Waals surface area contributed by atoms with E-state index in [1.165, 1.54) is 14.0 Å². The van der Waals surface area contributed by atoms with Gasteiger partial charge in [-0.25, -0.2) is 0 Å². The predicted molar refractivity (Wildman–Crippen MR) is 88.7 cm³/mol. The fourth-order valence-electron chi connectivity index (χ4n) is 2.02. The fourth-order valence-corrected chi connectivity index (χ4v) is 2.02.